The molecule has 2 heterocycles. The van der Waals surface area contributed by atoms with E-state index in [4.69, 9.17) is 30.5 Å². The van der Waals surface area contributed by atoms with Crippen molar-refractivity contribution < 1.29 is 95.5 Å². The summed E-state index contributed by atoms with van der Waals surface area (Å²) >= 11 is 1.68. The van der Waals surface area contributed by atoms with Crippen LogP contribution < -0.4 is 32.7 Å². The van der Waals surface area contributed by atoms with Gasteiger partial charge >= 0.3 is 41.1 Å². The molecule has 1 aromatic rings. The molecule has 1 aromatic heterocycles. The SMILES string of the molecule is Nc1nc(=O)n([C@H]2CC(O)[C@@H](COP(=O)(O)OP(=O)(O)OP(=O)(O)O)O2)cc1C#CCNC(=O)CCSSCC(NC(O)I)C(=O)NCCCCCC(=O)NC(CCC(=O)O)C(=O)O. The Balaban J connectivity index is 1.76. The Labute approximate surface area is 384 Å². The number of rotatable bonds is 29. The number of aliphatic hydroxyl groups is 2. The largest absolute Gasteiger partial charge is 0.490 e. The fourth-order valence-electron chi connectivity index (χ4n) is 5.05. The van der Waals surface area contributed by atoms with Crippen LogP contribution in [0.15, 0.2) is 11.0 Å². The van der Waals surface area contributed by atoms with Gasteiger partial charge in [0.25, 0.3) is 0 Å². The second-order valence-corrected chi connectivity index (χ2v) is 21.3. The minimum absolute atomic E-state index is 0.0162. The molecule has 0 spiro atoms. The molecule has 0 radical (unpaired) electrons. The lowest BCUT2D eigenvalue weighted by Crippen LogP contribution is -2.48. The molecule has 0 aromatic carbocycles. The molecule has 1 fully saturated rings. The van der Waals surface area contributed by atoms with Crippen LogP contribution >= 0.6 is 67.6 Å². The maximum Gasteiger partial charge on any atom is 0.490 e. The van der Waals surface area contributed by atoms with Gasteiger partial charge in [0.2, 0.25) is 17.7 Å². The number of carboxylic acids is 2. The van der Waals surface area contributed by atoms with E-state index in [0.717, 1.165) is 10.8 Å². The predicted octanol–water partition coefficient (Wildman–Crippen LogP) is -1.16. The third-order valence-corrected chi connectivity index (χ3v) is 14.5. The number of unbranched alkanes of at least 4 members (excludes halogenated alkanes) is 2. The molecule has 34 heteroatoms. The topological polar surface area (TPSA) is 444 Å². The number of amides is 3. The van der Waals surface area contributed by atoms with Gasteiger partial charge in [-0.3, -0.25) is 33.6 Å². The van der Waals surface area contributed by atoms with Crippen LogP contribution in [0.4, 0.5) is 5.82 Å². The van der Waals surface area contributed by atoms with E-state index in [0.29, 0.717) is 25.0 Å². The summed E-state index contributed by atoms with van der Waals surface area (Å²) in [6.07, 6.45) is -2.43. The van der Waals surface area contributed by atoms with Crippen molar-refractivity contribution in [2.75, 3.05) is 36.9 Å². The van der Waals surface area contributed by atoms with Gasteiger partial charge < -0.3 is 66.4 Å². The number of phosphoric ester groups is 1. The van der Waals surface area contributed by atoms with Crippen LogP contribution in [0.1, 0.15) is 63.2 Å². The van der Waals surface area contributed by atoms with Crippen molar-refractivity contribution in [2.45, 2.75) is 86.1 Å². The van der Waals surface area contributed by atoms with E-state index in [1.165, 1.54) is 21.6 Å². The molecule has 8 atom stereocenters. The molecule has 64 heavy (non-hydrogen) atoms. The zero-order valence-electron chi connectivity index (χ0n) is 33.1. The molecule has 0 bridgehead atoms. The maximum atomic E-state index is 12.8. The number of nitrogen functional groups attached to an aromatic ring is 1. The number of aliphatic carboxylic acids is 2. The molecule has 14 N–H and O–H groups in total. The monoisotopic (exact) mass is 1130 g/mol. The lowest BCUT2D eigenvalue weighted by molar-refractivity contribution is -0.143. The fourth-order valence-corrected chi connectivity index (χ4v) is 10.7. The molecular weight excluding hydrogens is 1080 g/mol. The van der Waals surface area contributed by atoms with E-state index in [1.807, 2.05) is 0 Å². The summed E-state index contributed by atoms with van der Waals surface area (Å²) in [4.78, 5) is 112. The molecule has 3 amide bonds. The summed E-state index contributed by atoms with van der Waals surface area (Å²) in [6, 6.07) is -2.10. The number of carbonyl (C=O) groups excluding carboxylic acids is 3. The van der Waals surface area contributed by atoms with E-state index in [9.17, 15) is 62.5 Å². The molecule has 1 saturated heterocycles. The van der Waals surface area contributed by atoms with Crippen LogP contribution in [0.3, 0.4) is 0 Å². The Morgan fingerprint density at radius 1 is 0.984 bits per heavy atom. The first-order valence-electron chi connectivity index (χ1n) is 18.4. The van der Waals surface area contributed by atoms with Crippen molar-refractivity contribution in [1.29, 1.82) is 0 Å². The number of hydrogen-bond donors (Lipinski definition) is 13. The summed E-state index contributed by atoms with van der Waals surface area (Å²) < 4.78 is 51.5. The summed E-state index contributed by atoms with van der Waals surface area (Å²) in [5, 5.41) is 48.4. The lowest BCUT2D eigenvalue weighted by atomic mass is 10.1. The number of nitrogens with zero attached hydrogens (tertiary/aromatic N) is 2. The third-order valence-electron chi connectivity index (χ3n) is 7.96. The van der Waals surface area contributed by atoms with Gasteiger partial charge in [-0.2, -0.15) is 13.6 Å². The zero-order valence-corrected chi connectivity index (χ0v) is 39.6. The van der Waals surface area contributed by atoms with Gasteiger partial charge in [-0.05, 0) is 41.9 Å². The van der Waals surface area contributed by atoms with Crippen molar-refractivity contribution in [1.82, 2.24) is 30.8 Å². The quantitative estimate of drug-likeness (QED) is 0.00657. The number of aromatic nitrogens is 2. The number of nitrogens with one attached hydrogen (secondary N) is 4. The number of carbonyl (C=O) groups is 5. The first kappa shape index (κ1) is 57.4. The highest BCUT2D eigenvalue weighted by Gasteiger charge is 2.43. The van der Waals surface area contributed by atoms with Crippen LogP contribution in [-0.4, -0.2) is 139 Å². The number of hydrogen-bond acceptors (Lipinski definition) is 20. The predicted molar refractivity (Wildman–Crippen MR) is 232 cm³/mol. The van der Waals surface area contributed by atoms with Crippen molar-refractivity contribution in [3.8, 4) is 11.8 Å². The smallest absolute Gasteiger partial charge is 0.481 e. The standard InChI is InChI=1S/C30H47IN7O21P3S2/c31-29(47)36-19(27(44)34-10-3-1-2-6-23(41)35-18(28(45)46)7-8-25(42)43)16-64-63-12-9-22(40)33-11-4-5-17-14-38(30(48)37-26(17)32)24-13-20(39)21(57-24)15-56-61(52,53)59-62(54,55)58-60(49,50)51/h14,18-21,24,29,36,39,47H,1-3,6-13,15-16H2,(H,33,40)(H,34,44)(H,35,41)(H,42,43)(H,45,46)(H,52,53)(H,54,55)(H2,32,37,48)(H2,49,50,51)/t18?,19?,20?,21-,24-,29?/m1/s1. The minimum Gasteiger partial charge on any atom is -0.481 e. The third kappa shape index (κ3) is 23.6. The molecule has 28 nitrogen and oxygen atoms in total. The molecule has 1 aliphatic rings. The lowest BCUT2D eigenvalue weighted by Gasteiger charge is -2.19. The van der Waals surface area contributed by atoms with E-state index < -0.39 is 101 Å². The average molecular weight is 1130 g/mol. The zero-order chi connectivity index (χ0) is 48.3. The number of halogens is 1. The highest BCUT2D eigenvalue weighted by atomic mass is 127. The fraction of sp³-hybridized carbons (Fsp3) is 0.633. The van der Waals surface area contributed by atoms with Gasteiger partial charge in [0.15, 0.2) is 4.23 Å². The Kier molecular flexibility index (Phi) is 24.9. The second kappa shape index (κ2) is 27.8. The van der Waals surface area contributed by atoms with E-state index in [-0.39, 0.29) is 61.8 Å². The summed E-state index contributed by atoms with van der Waals surface area (Å²) in [5.74, 6) is 1.76. The Morgan fingerprint density at radius 2 is 1.69 bits per heavy atom. The van der Waals surface area contributed by atoms with Crippen LogP contribution in [-0.2, 0) is 55.5 Å². The molecule has 0 aliphatic carbocycles. The van der Waals surface area contributed by atoms with Crippen molar-refractivity contribution in [3.05, 3.63) is 22.2 Å². The number of ether oxygens (including phenoxy) is 1. The molecule has 6 unspecified atom stereocenters. The molecular formula is C30H47IN7O21P3S2. The van der Waals surface area contributed by atoms with Crippen molar-refractivity contribution in [2.24, 2.45) is 0 Å². The van der Waals surface area contributed by atoms with E-state index in [1.54, 1.807) is 22.6 Å². The normalized spacial score (nSPS) is 19.5. The highest BCUT2D eigenvalue weighted by Crippen LogP contribution is 2.66. The maximum absolute atomic E-state index is 12.8. The van der Waals surface area contributed by atoms with E-state index in [2.05, 4.69) is 51.2 Å². The summed E-state index contributed by atoms with van der Waals surface area (Å²) in [7, 11) is -14.4. The van der Waals surface area contributed by atoms with Gasteiger partial charge in [0, 0.05) is 49.9 Å². The van der Waals surface area contributed by atoms with Crippen molar-refractivity contribution >= 4 is 103 Å². The number of anilines is 1. The highest BCUT2D eigenvalue weighted by molar-refractivity contribution is 14.1. The average Bonchev–Trinajstić information content (AvgIpc) is 3.53. The van der Waals surface area contributed by atoms with Crippen LogP contribution in [0.25, 0.3) is 0 Å². The Morgan fingerprint density at radius 3 is 2.33 bits per heavy atom. The molecule has 1 aliphatic heterocycles. The van der Waals surface area contributed by atoms with Gasteiger partial charge in [0.05, 0.1) is 30.9 Å². The second-order valence-electron chi connectivity index (χ2n) is 13.0. The first-order valence-corrected chi connectivity index (χ1v) is 26.6. The van der Waals surface area contributed by atoms with Gasteiger partial charge in [-0.15, -0.1) is 0 Å². The van der Waals surface area contributed by atoms with Crippen LogP contribution in [0.5, 0.6) is 0 Å². The molecule has 362 valence electrons. The number of alkyl halides is 1. The number of phosphoric acid groups is 3. The minimum atomic E-state index is -5.79. The van der Waals surface area contributed by atoms with Crippen LogP contribution in [0, 0.1) is 11.8 Å². The Bertz CT molecular complexity index is 2060. The molecule has 2 rings (SSSR count). The van der Waals surface area contributed by atoms with Crippen molar-refractivity contribution in [3.63, 3.8) is 0 Å². The van der Waals surface area contributed by atoms with E-state index >= 15 is 0 Å². The summed E-state index contributed by atoms with van der Waals surface area (Å²) in [5.41, 5.74) is 4.91. The van der Waals surface area contributed by atoms with Crippen LogP contribution in [0.2, 0.25) is 0 Å². The van der Waals surface area contributed by atoms with Gasteiger partial charge in [-0.25, -0.2) is 23.3 Å². The number of nitrogens with two attached hydrogens (primary N) is 1. The number of aliphatic hydroxyl groups excluding tert-OH is 2. The number of carboxylic acid groups (broad SMARTS) is 2. The van der Waals surface area contributed by atoms with Gasteiger partial charge in [0.1, 0.15) is 24.2 Å². The first-order chi connectivity index (χ1) is 29.8. The molecule has 0 saturated carbocycles. The Hall–Kier alpha value is -2.73. The van der Waals surface area contributed by atoms with Gasteiger partial charge in [-0.1, -0.05) is 39.8 Å². The summed E-state index contributed by atoms with van der Waals surface area (Å²) in [6.45, 7) is -0.863.